The topological polar surface area (TPSA) is 46.3 Å². The van der Waals surface area contributed by atoms with Gasteiger partial charge in [-0.25, -0.2) is 4.39 Å². The lowest BCUT2D eigenvalue weighted by Crippen LogP contribution is -2.40. The van der Waals surface area contributed by atoms with E-state index in [0.29, 0.717) is 12.0 Å². The number of rotatable bonds is 1. The fraction of sp³-hybridized carbons (Fsp3) is 0.462. The van der Waals surface area contributed by atoms with Crippen LogP contribution < -0.4 is 5.73 Å². The van der Waals surface area contributed by atoms with E-state index in [-0.39, 0.29) is 17.8 Å². The van der Waals surface area contributed by atoms with Crippen molar-refractivity contribution in [2.45, 2.75) is 31.3 Å². The molecule has 0 bridgehead atoms. The molecule has 2 N–H and O–H groups in total. The van der Waals surface area contributed by atoms with Gasteiger partial charge in [0.25, 0.3) is 0 Å². The summed E-state index contributed by atoms with van der Waals surface area (Å²) in [5, 5.41) is 0. The summed E-state index contributed by atoms with van der Waals surface area (Å²) >= 11 is 3.33. The second-order valence-corrected chi connectivity index (χ2v) is 5.59. The normalized spacial score (nSPS) is 25.1. The lowest BCUT2D eigenvalue weighted by Gasteiger charge is -2.31. The molecule has 1 saturated heterocycles. The van der Waals surface area contributed by atoms with E-state index >= 15 is 0 Å². The first-order chi connectivity index (χ1) is 8.50. The molecule has 1 amide bonds. The van der Waals surface area contributed by atoms with Gasteiger partial charge in [0.2, 0.25) is 5.91 Å². The number of benzene rings is 1. The van der Waals surface area contributed by atoms with E-state index in [1.165, 1.54) is 6.07 Å². The van der Waals surface area contributed by atoms with E-state index in [2.05, 4.69) is 15.9 Å². The Balaban J connectivity index is 2.44. The van der Waals surface area contributed by atoms with Crippen LogP contribution in [-0.2, 0) is 4.79 Å². The Hall–Kier alpha value is -0.940. The SMILES string of the molecule is CN1C(=O)CCCC(N)C1c1cc(Br)ccc1F. The second-order valence-electron chi connectivity index (χ2n) is 4.67. The van der Waals surface area contributed by atoms with Gasteiger partial charge in [-0.05, 0) is 31.0 Å². The van der Waals surface area contributed by atoms with E-state index in [9.17, 15) is 9.18 Å². The zero-order valence-electron chi connectivity index (χ0n) is 10.2. The van der Waals surface area contributed by atoms with Crippen LogP contribution in [0, 0.1) is 5.82 Å². The van der Waals surface area contributed by atoms with Gasteiger partial charge in [0.05, 0.1) is 6.04 Å². The Morgan fingerprint density at radius 3 is 2.94 bits per heavy atom. The number of nitrogens with zero attached hydrogens (tertiary/aromatic N) is 1. The summed E-state index contributed by atoms with van der Waals surface area (Å²) in [6.45, 7) is 0. The van der Waals surface area contributed by atoms with Gasteiger partial charge in [0.1, 0.15) is 5.82 Å². The molecular weight excluding hydrogens is 299 g/mol. The first-order valence-electron chi connectivity index (χ1n) is 5.97. The number of carbonyl (C=O) groups excluding carboxylic acids is 1. The molecule has 3 nitrogen and oxygen atoms in total. The highest BCUT2D eigenvalue weighted by molar-refractivity contribution is 9.10. The summed E-state index contributed by atoms with van der Waals surface area (Å²) in [6.07, 6.45) is 1.97. The number of nitrogens with two attached hydrogens (primary N) is 1. The Morgan fingerprint density at radius 2 is 2.22 bits per heavy atom. The van der Waals surface area contributed by atoms with Crippen molar-refractivity contribution in [3.8, 4) is 0 Å². The molecule has 1 aromatic rings. The maximum Gasteiger partial charge on any atom is 0.222 e. The number of hydrogen-bond acceptors (Lipinski definition) is 2. The van der Waals surface area contributed by atoms with Crippen molar-refractivity contribution in [3.05, 3.63) is 34.1 Å². The Bertz CT molecular complexity index is 466. The van der Waals surface area contributed by atoms with Crippen LogP contribution >= 0.6 is 15.9 Å². The molecule has 1 heterocycles. The molecule has 1 fully saturated rings. The molecule has 0 spiro atoms. The largest absolute Gasteiger partial charge is 0.337 e. The van der Waals surface area contributed by atoms with E-state index in [1.54, 1.807) is 24.1 Å². The predicted molar refractivity (Wildman–Crippen MR) is 71.4 cm³/mol. The van der Waals surface area contributed by atoms with E-state index in [1.807, 2.05) is 0 Å². The molecule has 0 aliphatic carbocycles. The van der Waals surface area contributed by atoms with Gasteiger partial charge in [0, 0.05) is 29.5 Å². The molecule has 0 aromatic heterocycles. The maximum atomic E-state index is 13.9. The van der Waals surface area contributed by atoms with Crippen LogP contribution in [0.4, 0.5) is 4.39 Å². The van der Waals surface area contributed by atoms with Crippen molar-refractivity contribution >= 4 is 21.8 Å². The molecule has 1 aliphatic rings. The van der Waals surface area contributed by atoms with Crippen LogP contribution in [0.5, 0.6) is 0 Å². The van der Waals surface area contributed by atoms with E-state index < -0.39 is 6.04 Å². The molecule has 2 rings (SSSR count). The summed E-state index contributed by atoms with van der Waals surface area (Å²) in [4.78, 5) is 13.4. The maximum absolute atomic E-state index is 13.9. The van der Waals surface area contributed by atoms with Crippen LogP contribution in [0.1, 0.15) is 30.9 Å². The zero-order chi connectivity index (χ0) is 13.3. The average molecular weight is 315 g/mol. The Labute approximate surface area is 114 Å². The van der Waals surface area contributed by atoms with E-state index in [4.69, 9.17) is 5.73 Å². The fourth-order valence-electron chi connectivity index (χ4n) is 2.45. The van der Waals surface area contributed by atoms with Crippen LogP contribution in [0.2, 0.25) is 0 Å². The van der Waals surface area contributed by atoms with Gasteiger partial charge in [0.15, 0.2) is 0 Å². The third-order valence-electron chi connectivity index (χ3n) is 3.42. The summed E-state index contributed by atoms with van der Waals surface area (Å²) in [7, 11) is 1.69. The van der Waals surface area contributed by atoms with Gasteiger partial charge in [-0.15, -0.1) is 0 Å². The molecule has 2 atom stereocenters. The highest BCUT2D eigenvalue weighted by Gasteiger charge is 2.32. The Kier molecular flexibility index (Phi) is 4.02. The minimum atomic E-state index is -0.391. The monoisotopic (exact) mass is 314 g/mol. The molecule has 5 heteroatoms. The van der Waals surface area contributed by atoms with Gasteiger partial charge < -0.3 is 10.6 Å². The lowest BCUT2D eigenvalue weighted by molar-refractivity contribution is -0.131. The number of carbonyl (C=O) groups is 1. The van der Waals surface area contributed by atoms with Crippen molar-refractivity contribution in [1.29, 1.82) is 0 Å². The van der Waals surface area contributed by atoms with Gasteiger partial charge in [-0.3, -0.25) is 4.79 Å². The Morgan fingerprint density at radius 1 is 1.50 bits per heavy atom. The van der Waals surface area contributed by atoms with Crippen LogP contribution in [0.3, 0.4) is 0 Å². The lowest BCUT2D eigenvalue weighted by atomic mass is 9.96. The van der Waals surface area contributed by atoms with E-state index in [0.717, 1.165) is 17.3 Å². The van der Waals surface area contributed by atoms with Crippen molar-refractivity contribution in [1.82, 2.24) is 4.90 Å². The number of likely N-dealkylation sites (tertiary alicyclic amines) is 1. The first kappa shape index (κ1) is 13.5. The number of likely N-dealkylation sites (N-methyl/N-ethyl adjacent to an activating group) is 1. The number of amides is 1. The average Bonchev–Trinajstić information content (AvgIpc) is 2.44. The molecule has 98 valence electrons. The molecule has 0 radical (unpaired) electrons. The first-order valence-corrected chi connectivity index (χ1v) is 6.76. The standard InChI is InChI=1S/C13H16BrFN2O/c1-17-12(18)4-2-3-11(16)13(17)9-7-8(14)5-6-10(9)15/h5-7,11,13H,2-4,16H2,1H3. The summed E-state index contributed by atoms with van der Waals surface area (Å²) < 4.78 is 14.7. The molecule has 18 heavy (non-hydrogen) atoms. The molecule has 2 unspecified atom stereocenters. The third-order valence-corrected chi connectivity index (χ3v) is 3.91. The number of halogens is 2. The van der Waals surface area contributed by atoms with Crippen molar-refractivity contribution in [3.63, 3.8) is 0 Å². The summed E-state index contributed by atoms with van der Waals surface area (Å²) in [5.41, 5.74) is 6.59. The molecule has 1 aliphatic heterocycles. The summed E-state index contributed by atoms with van der Waals surface area (Å²) in [6, 6.07) is 4.12. The minimum absolute atomic E-state index is 0.0207. The van der Waals surface area contributed by atoms with Crippen LogP contribution in [0.15, 0.2) is 22.7 Å². The quantitative estimate of drug-likeness (QED) is 0.866. The van der Waals surface area contributed by atoms with Crippen LogP contribution in [-0.4, -0.2) is 23.9 Å². The second kappa shape index (κ2) is 5.36. The molecule has 0 saturated carbocycles. The van der Waals surface area contributed by atoms with Crippen molar-refractivity contribution < 1.29 is 9.18 Å². The van der Waals surface area contributed by atoms with Gasteiger partial charge in [-0.1, -0.05) is 15.9 Å². The van der Waals surface area contributed by atoms with Gasteiger partial charge >= 0.3 is 0 Å². The zero-order valence-corrected chi connectivity index (χ0v) is 11.8. The smallest absolute Gasteiger partial charge is 0.222 e. The highest BCUT2D eigenvalue weighted by atomic mass is 79.9. The number of hydrogen-bond donors (Lipinski definition) is 1. The van der Waals surface area contributed by atoms with Crippen molar-refractivity contribution in [2.75, 3.05) is 7.05 Å². The third kappa shape index (κ3) is 2.57. The van der Waals surface area contributed by atoms with Crippen LogP contribution in [0.25, 0.3) is 0 Å². The summed E-state index contributed by atoms with van der Waals surface area (Å²) in [5.74, 6) is -0.299. The minimum Gasteiger partial charge on any atom is -0.337 e. The highest BCUT2D eigenvalue weighted by Crippen LogP contribution is 2.31. The molecular formula is C13H16BrFN2O. The predicted octanol–water partition coefficient (Wildman–Crippen LogP) is 2.60. The van der Waals surface area contributed by atoms with Crippen molar-refractivity contribution in [2.24, 2.45) is 5.73 Å². The molecule has 1 aromatic carbocycles. The fourth-order valence-corrected chi connectivity index (χ4v) is 2.82. The van der Waals surface area contributed by atoms with Gasteiger partial charge in [-0.2, -0.15) is 0 Å².